The van der Waals surface area contributed by atoms with Crippen LogP contribution < -0.4 is 10.1 Å². The molecule has 1 aliphatic carbocycles. The zero-order valence-corrected chi connectivity index (χ0v) is 16.2. The average molecular weight is 370 g/mol. The zero-order valence-electron chi connectivity index (χ0n) is 16.2. The molecule has 1 amide bonds. The van der Waals surface area contributed by atoms with E-state index in [1.54, 1.807) is 7.11 Å². The van der Waals surface area contributed by atoms with E-state index in [1.165, 1.54) is 0 Å². The van der Waals surface area contributed by atoms with E-state index in [4.69, 9.17) is 9.47 Å². The van der Waals surface area contributed by atoms with Crippen molar-refractivity contribution >= 4 is 5.91 Å². The summed E-state index contributed by atoms with van der Waals surface area (Å²) in [7, 11) is 1.75. The van der Waals surface area contributed by atoms with Crippen molar-refractivity contribution in [1.82, 2.24) is 10.2 Å². The highest BCUT2D eigenvalue weighted by Crippen LogP contribution is 2.44. The first kappa shape index (κ1) is 18.5. The Labute approximate surface area is 161 Å². The minimum absolute atomic E-state index is 0.0357. The fourth-order valence-corrected chi connectivity index (χ4v) is 4.58. The van der Waals surface area contributed by atoms with Crippen molar-refractivity contribution in [2.75, 3.05) is 33.4 Å². The fourth-order valence-electron chi connectivity index (χ4n) is 4.58. The van der Waals surface area contributed by atoms with Crippen LogP contribution in [0.3, 0.4) is 0 Å². The van der Waals surface area contributed by atoms with Gasteiger partial charge in [-0.25, -0.2) is 0 Å². The third-order valence-corrected chi connectivity index (χ3v) is 6.27. The van der Waals surface area contributed by atoms with Crippen molar-refractivity contribution in [3.05, 3.63) is 42.0 Å². The monoisotopic (exact) mass is 370 g/mol. The van der Waals surface area contributed by atoms with Gasteiger partial charge in [0.05, 0.1) is 12.6 Å². The molecule has 1 N–H and O–H groups in total. The SMILES string of the molecule is COCCN1CCC2(CC1)CC(NC(=O)C1CC=CC1)c1ccccc1O2. The molecule has 2 aliphatic heterocycles. The quantitative estimate of drug-likeness (QED) is 0.810. The van der Waals surface area contributed by atoms with Gasteiger partial charge in [0.2, 0.25) is 5.91 Å². The summed E-state index contributed by atoms with van der Waals surface area (Å²) >= 11 is 0. The van der Waals surface area contributed by atoms with Crippen LogP contribution in [0.5, 0.6) is 5.75 Å². The van der Waals surface area contributed by atoms with Crippen molar-refractivity contribution in [3.63, 3.8) is 0 Å². The highest BCUT2D eigenvalue weighted by molar-refractivity contribution is 5.80. The number of piperidine rings is 1. The molecule has 1 atom stereocenters. The Balaban J connectivity index is 1.47. The lowest BCUT2D eigenvalue weighted by Gasteiger charge is -2.47. The molecule has 0 bridgehead atoms. The minimum Gasteiger partial charge on any atom is -0.487 e. The molecule has 2 heterocycles. The van der Waals surface area contributed by atoms with Gasteiger partial charge in [-0.3, -0.25) is 4.79 Å². The molecule has 5 nitrogen and oxygen atoms in total. The Kier molecular flexibility index (Phi) is 5.50. The smallest absolute Gasteiger partial charge is 0.224 e. The van der Waals surface area contributed by atoms with E-state index in [9.17, 15) is 4.79 Å². The standard InChI is InChI=1S/C22H30N2O3/c1-26-15-14-24-12-10-22(11-13-24)16-19(18-8-4-5-9-20(18)27-22)23-21(25)17-6-2-3-7-17/h2-5,8-9,17,19H,6-7,10-16H2,1H3,(H,23,25). The van der Waals surface area contributed by atoms with Crippen LogP contribution in [0, 0.1) is 5.92 Å². The number of nitrogens with zero attached hydrogens (tertiary/aromatic N) is 1. The molecule has 146 valence electrons. The van der Waals surface area contributed by atoms with Gasteiger partial charge in [-0.05, 0) is 31.7 Å². The summed E-state index contributed by atoms with van der Waals surface area (Å²) < 4.78 is 11.7. The van der Waals surface area contributed by atoms with Gasteiger partial charge in [0, 0.05) is 44.6 Å². The largest absolute Gasteiger partial charge is 0.487 e. The molecule has 1 saturated heterocycles. The topological polar surface area (TPSA) is 50.8 Å². The van der Waals surface area contributed by atoms with Crippen molar-refractivity contribution in [2.45, 2.75) is 43.7 Å². The minimum atomic E-state index is -0.177. The number of hydrogen-bond acceptors (Lipinski definition) is 4. The van der Waals surface area contributed by atoms with Crippen LogP contribution in [0.15, 0.2) is 36.4 Å². The number of para-hydroxylation sites is 1. The number of fused-ring (bicyclic) bond motifs is 1. The molecule has 1 spiro atoms. The van der Waals surface area contributed by atoms with Crippen molar-refractivity contribution in [1.29, 1.82) is 0 Å². The van der Waals surface area contributed by atoms with Crippen LogP contribution in [0.25, 0.3) is 0 Å². The van der Waals surface area contributed by atoms with E-state index in [-0.39, 0.29) is 23.5 Å². The lowest BCUT2D eigenvalue weighted by atomic mass is 9.80. The van der Waals surface area contributed by atoms with E-state index in [2.05, 4.69) is 28.4 Å². The van der Waals surface area contributed by atoms with Gasteiger partial charge in [-0.15, -0.1) is 0 Å². The molecule has 0 radical (unpaired) electrons. The van der Waals surface area contributed by atoms with Gasteiger partial charge in [0.15, 0.2) is 0 Å². The Bertz CT molecular complexity index is 687. The van der Waals surface area contributed by atoms with E-state index in [0.717, 1.165) is 69.7 Å². The summed E-state index contributed by atoms with van der Waals surface area (Å²) in [5.74, 6) is 1.20. The van der Waals surface area contributed by atoms with Gasteiger partial charge >= 0.3 is 0 Å². The Morgan fingerprint density at radius 1 is 1.26 bits per heavy atom. The Morgan fingerprint density at radius 2 is 2.00 bits per heavy atom. The highest BCUT2D eigenvalue weighted by atomic mass is 16.5. The maximum atomic E-state index is 12.8. The van der Waals surface area contributed by atoms with Crippen molar-refractivity contribution < 1.29 is 14.3 Å². The number of hydrogen-bond donors (Lipinski definition) is 1. The molecular formula is C22H30N2O3. The summed E-state index contributed by atoms with van der Waals surface area (Å²) in [4.78, 5) is 15.2. The predicted octanol–water partition coefficient (Wildman–Crippen LogP) is 3.07. The molecule has 4 rings (SSSR count). The third-order valence-electron chi connectivity index (χ3n) is 6.27. The van der Waals surface area contributed by atoms with Crippen LogP contribution in [-0.4, -0.2) is 49.8 Å². The van der Waals surface area contributed by atoms with Crippen molar-refractivity contribution in [3.8, 4) is 5.75 Å². The fraction of sp³-hybridized carbons (Fsp3) is 0.591. The second-order valence-corrected chi connectivity index (χ2v) is 8.06. The van der Waals surface area contributed by atoms with E-state index < -0.39 is 0 Å². The second-order valence-electron chi connectivity index (χ2n) is 8.06. The van der Waals surface area contributed by atoms with Crippen LogP contribution in [0.1, 0.15) is 43.7 Å². The summed E-state index contributed by atoms with van der Waals surface area (Å²) in [5.41, 5.74) is 0.938. The number of amides is 1. The molecule has 1 aromatic carbocycles. The average Bonchev–Trinajstić information content (AvgIpc) is 3.23. The molecule has 0 saturated carbocycles. The summed E-state index contributed by atoms with van der Waals surface area (Å²) in [6.07, 6.45) is 8.77. The van der Waals surface area contributed by atoms with Gasteiger partial charge in [0.1, 0.15) is 11.4 Å². The van der Waals surface area contributed by atoms with E-state index in [0.29, 0.717) is 0 Å². The molecular weight excluding hydrogens is 340 g/mol. The van der Waals surface area contributed by atoms with Gasteiger partial charge in [-0.2, -0.15) is 0 Å². The zero-order chi connectivity index (χ0) is 18.7. The molecule has 5 heteroatoms. The Hall–Kier alpha value is -1.85. The predicted molar refractivity (Wildman–Crippen MR) is 105 cm³/mol. The number of likely N-dealkylation sites (tertiary alicyclic amines) is 1. The lowest BCUT2D eigenvalue weighted by molar-refractivity contribution is -0.126. The lowest BCUT2D eigenvalue weighted by Crippen LogP contribution is -2.52. The first-order valence-electron chi connectivity index (χ1n) is 10.1. The van der Waals surface area contributed by atoms with E-state index in [1.807, 2.05) is 18.2 Å². The van der Waals surface area contributed by atoms with Crippen LogP contribution in [0.4, 0.5) is 0 Å². The number of allylic oxidation sites excluding steroid dienone is 2. The van der Waals surface area contributed by atoms with Gasteiger partial charge in [-0.1, -0.05) is 30.4 Å². The maximum Gasteiger partial charge on any atom is 0.224 e. The number of nitrogens with one attached hydrogen (secondary N) is 1. The molecule has 3 aliphatic rings. The first-order chi connectivity index (χ1) is 13.2. The normalized spacial score (nSPS) is 24.6. The van der Waals surface area contributed by atoms with Crippen LogP contribution >= 0.6 is 0 Å². The molecule has 27 heavy (non-hydrogen) atoms. The number of carbonyl (C=O) groups is 1. The highest BCUT2D eigenvalue weighted by Gasteiger charge is 2.43. The van der Waals surface area contributed by atoms with Gasteiger partial charge < -0.3 is 19.7 Å². The summed E-state index contributed by atoms with van der Waals surface area (Å²) in [6.45, 7) is 3.76. The van der Waals surface area contributed by atoms with Crippen molar-refractivity contribution in [2.24, 2.45) is 5.92 Å². The number of ether oxygens (including phenoxy) is 2. The molecule has 0 aromatic heterocycles. The van der Waals surface area contributed by atoms with Gasteiger partial charge in [0.25, 0.3) is 0 Å². The second kappa shape index (κ2) is 8.03. The maximum absolute atomic E-state index is 12.8. The van der Waals surface area contributed by atoms with Crippen LogP contribution in [-0.2, 0) is 9.53 Å². The van der Waals surface area contributed by atoms with Crippen LogP contribution in [0.2, 0.25) is 0 Å². The molecule has 1 aromatic rings. The molecule has 1 unspecified atom stereocenters. The number of carbonyl (C=O) groups excluding carboxylic acids is 1. The summed E-state index contributed by atoms with van der Waals surface area (Å²) in [6, 6.07) is 8.22. The number of benzene rings is 1. The number of methoxy groups -OCH3 is 1. The Morgan fingerprint density at radius 3 is 2.74 bits per heavy atom. The number of rotatable bonds is 5. The van der Waals surface area contributed by atoms with E-state index >= 15 is 0 Å². The summed E-state index contributed by atoms with van der Waals surface area (Å²) in [5, 5.41) is 3.34. The first-order valence-corrected chi connectivity index (χ1v) is 10.1. The molecule has 1 fully saturated rings. The third kappa shape index (κ3) is 4.04.